The van der Waals surface area contributed by atoms with Crippen molar-refractivity contribution in [1.82, 2.24) is 0 Å². The Morgan fingerprint density at radius 2 is 1.84 bits per heavy atom. The van der Waals surface area contributed by atoms with Gasteiger partial charge in [-0.2, -0.15) is 0 Å². The quantitative estimate of drug-likeness (QED) is 0.673. The number of hydrogen-bond acceptors (Lipinski definition) is 4. The third-order valence-electron chi connectivity index (χ3n) is 8.69. The summed E-state index contributed by atoms with van der Waals surface area (Å²) < 4.78 is 10.7. The molecule has 4 fully saturated rings. The molecule has 25 heavy (non-hydrogen) atoms. The largest absolute Gasteiger partial charge is 0.469 e. The smallest absolute Gasteiger partial charge is 0.310 e. The van der Waals surface area contributed by atoms with E-state index in [1.165, 1.54) is 26.4 Å². The molecule has 1 aliphatic heterocycles. The van der Waals surface area contributed by atoms with E-state index in [1.807, 2.05) is 0 Å². The minimum absolute atomic E-state index is 0.146. The number of methoxy groups -OCH3 is 1. The van der Waals surface area contributed by atoms with Crippen molar-refractivity contribution in [3.63, 3.8) is 0 Å². The summed E-state index contributed by atoms with van der Waals surface area (Å²) in [5, 5.41) is 0. The van der Waals surface area contributed by atoms with Gasteiger partial charge in [-0.15, -0.1) is 0 Å². The van der Waals surface area contributed by atoms with Crippen LogP contribution in [0.25, 0.3) is 0 Å². The van der Waals surface area contributed by atoms with Crippen molar-refractivity contribution in [2.45, 2.75) is 65.7 Å². The van der Waals surface area contributed by atoms with Gasteiger partial charge in [-0.05, 0) is 61.2 Å². The number of esters is 2. The second-order valence-electron chi connectivity index (χ2n) is 10.0. The lowest BCUT2D eigenvalue weighted by molar-refractivity contribution is -0.182. The van der Waals surface area contributed by atoms with Crippen molar-refractivity contribution in [2.24, 2.45) is 39.9 Å². The van der Waals surface area contributed by atoms with Crippen molar-refractivity contribution in [3.05, 3.63) is 0 Å². The van der Waals surface area contributed by atoms with Crippen LogP contribution in [-0.4, -0.2) is 25.7 Å². The van der Waals surface area contributed by atoms with Gasteiger partial charge in [-0.25, -0.2) is 0 Å². The number of carbonyl (C=O) groups is 2. The fourth-order valence-electron chi connectivity index (χ4n) is 7.81. The van der Waals surface area contributed by atoms with Gasteiger partial charge in [0, 0.05) is 5.41 Å². The van der Waals surface area contributed by atoms with Crippen molar-refractivity contribution < 1.29 is 19.1 Å². The molecule has 3 aliphatic carbocycles. The van der Waals surface area contributed by atoms with Crippen molar-refractivity contribution in [1.29, 1.82) is 0 Å². The predicted octanol–water partition coefficient (Wildman–Crippen LogP) is 3.97. The van der Waals surface area contributed by atoms with Gasteiger partial charge >= 0.3 is 11.9 Å². The number of hydrogen-bond donors (Lipinski definition) is 0. The fourth-order valence-corrected chi connectivity index (χ4v) is 7.81. The summed E-state index contributed by atoms with van der Waals surface area (Å²) in [4.78, 5) is 25.0. The molecular weight excluding hydrogens is 316 g/mol. The van der Waals surface area contributed by atoms with Crippen molar-refractivity contribution >= 4 is 11.9 Å². The summed E-state index contributed by atoms with van der Waals surface area (Å²) >= 11 is 0. The molecule has 1 heterocycles. The normalized spacial score (nSPS) is 47.9. The maximum absolute atomic E-state index is 12.7. The van der Waals surface area contributed by atoms with Crippen LogP contribution in [0.4, 0.5) is 0 Å². The van der Waals surface area contributed by atoms with Crippen LogP contribution in [0.3, 0.4) is 0 Å². The van der Waals surface area contributed by atoms with Gasteiger partial charge in [0.2, 0.25) is 0 Å². The summed E-state index contributed by atoms with van der Waals surface area (Å²) in [5.41, 5.74) is 0.479. The van der Waals surface area contributed by atoms with E-state index in [2.05, 4.69) is 20.8 Å². The van der Waals surface area contributed by atoms with Crippen LogP contribution in [0.1, 0.15) is 65.7 Å². The average molecular weight is 348 g/mol. The molecule has 0 bridgehead atoms. The Labute approximate surface area is 151 Å². The van der Waals surface area contributed by atoms with E-state index in [9.17, 15) is 9.59 Å². The summed E-state index contributed by atoms with van der Waals surface area (Å²) in [6.45, 7) is 7.85. The molecule has 1 saturated heterocycles. The highest BCUT2D eigenvalue weighted by molar-refractivity contribution is 5.84. The molecule has 0 aromatic rings. The Bertz CT molecular complexity index is 597. The zero-order chi connectivity index (χ0) is 18.0. The minimum Gasteiger partial charge on any atom is -0.469 e. The van der Waals surface area contributed by atoms with E-state index >= 15 is 0 Å². The molecule has 1 spiro atoms. The van der Waals surface area contributed by atoms with Gasteiger partial charge in [0.05, 0.1) is 25.6 Å². The molecule has 0 amide bonds. The first-order chi connectivity index (χ1) is 11.8. The number of fused-ring (bicyclic) bond motifs is 2. The summed E-state index contributed by atoms with van der Waals surface area (Å²) in [7, 11) is 1.43. The van der Waals surface area contributed by atoms with Gasteiger partial charge < -0.3 is 9.47 Å². The fraction of sp³-hybridized carbons (Fsp3) is 0.905. The molecule has 0 aromatic heterocycles. The Hall–Kier alpha value is -1.06. The highest BCUT2D eigenvalue weighted by Gasteiger charge is 2.69. The van der Waals surface area contributed by atoms with Gasteiger partial charge in [0.15, 0.2) is 0 Å². The molecule has 0 N–H and O–H groups in total. The van der Waals surface area contributed by atoms with E-state index in [-0.39, 0.29) is 34.6 Å². The number of ether oxygens (including phenoxy) is 2. The Kier molecular flexibility index (Phi) is 3.80. The van der Waals surface area contributed by atoms with Gasteiger partial charge in [-0.1, -0.05) is 27.2 Å². The summed E-state index contributed by atoms with van der Waals surface area (Å²) in [5.74, 6) is 0.204. The first kappa shape index (κ1) is 17.4. The lowest BCUT2D eigenvalue weighted by atomic mass is 9.39. The zero-order valence-electron chi connectivity index (χ0n) is 16.1. The second-order valence-corrected chi connectivity index (χ2v) is 10.0. The highest BCUT2D eigenvalue weighted by atomic mass is 16.5. The Morgan fingerprint density at radius 3 is 2.56 bits per heavy atom. The molecule has 4 aliphatic rings. The third kappa shape index (κ3) is 2.18. The molecule has 0 radical (unpaired) electrons. The minimum atomic E-state index is -0.312. The van der Waals surface area contributed by atoms with E-state index in [1.54, 1.807) is 0 Å². The van der Waals surface area contributed by atoms with Gasteiger partial charge in [0.1, 0.15) is 0 Å². The SMILES string of the molecule is COC(=O)[C@@H]1CC[C@@H]2[C@@]3(C)CCCC(C)(C)[C@@H]3CC[C@]23COC(=O)[C@H]13. The van der Waals surface area contributed by atoms with Crippen LogP contribution in [0.5, 0.6) is 0 Å². The van der Waals surface area contributed by atoms with Crippen LogP contribution in [-0.2, 0) is 19.1 Å². The molecule has 4 heteroatoms. The van der Waals surface area contributed by atoms with E-state index in [0.717, 1.165) is 25.7 Å². The van der Waals surface area contributed by atoms with Crippen molar-refractivity contribution in [3.8, 4) is 0 Å². The topological polar surface area (TPSA) is 52.6 Å². The number of carbonyl (C=O) groups excluding carboxylic acids is 2. The zero-order valence-corrected chi connectivity index (χ0v) is 16.1. The molecule has 0 aromatic carbocycles. The van der Waals surface area contributed by atoms with E-state index in [0.29, 0.717) is 23.9 Å². The lowest BCUT2D eigenvalue weighted by Crippen LogP contribution is -2.61. The van der Waals surface area contributed by atoms with Crippen LogP contribution in [0.15, 0.2) is 0 Å². The first-order valence-electron chi connectivity index (χ1n) is 10.0. The second kappa shape index (κ2) is 5.47. The molecule has 6 atom stereocenters. The average Bonchev–Trinajstić information content (AvgIpc) is 2.89. The van der Waals surface area contributed by atoms with Gasteiger partial charge in [-0.3, -0.25) is 9.59 Å². The molecule has 0 unspecified atom stereocenters. The standard InChI is InChI=1S/C21H32O4/c1-19(2)9-5-10-20(3)14(19)8-11-21-12-25-18(23)16(21)13(17(22)24-4)6-7-15(20)21/h13-16H,5-12H2,1-4H3/t13-,14+,15-,16+,20+,21+/m1/s1. The highest BCUT2D eigenvalue weighted by Crippen LogP contribution is 2.70. The third-order valence-corrected chi connectivity index (χ3v) is 8.69. The maximum atomic E-state index is 12.7. The number of rotatable bonds is 1. The lowest BCUT2D eigenvalue weighted by Gasteiger charge is -2.64. The predicted molar refractivity (Wildman–Crippen MR) is 93.6 cm³/mol. The monoisotopic (exact) mass is 348 g/mol. The molecular formula is C21H32O4. The van der Waals surface area contributed by atoms with E-state index < -0.39 is 0 Å². The first-order valence-corrected chi connectivity index (χ1v) is 10.0. The molecule has 140 valence electrons. The molecule has 4 nitrogen and oxygen atoms in total. The number of cyclic esters (lactones) is 1. The Morgan fingerprint density at radius 1 is 1.08 bits per heavy atom. The van der Waals surface area contributed by atoms with Crippen LogP contribution < -0.4 is 0 Å². The van der Waals surface area contributed by atoms with Crippen LogP contribution in [0, 0.1) is 39.9 Å². The van der Waals surface area contributed by atoms with Crippen molar-refractivity contribution in [2.75, 3.05) is 13.7 Å². The summed E-state index contributed by atoms with van der Waals surface area (Å²) in [6.07, 6.45) is 7.78. The summed E-state index contributed by atoms with van der Waals surface area (Å²) in [6, 6.07) is 0. The van der Waals surface area contributed by atoms with Crippen LogP contribution in [0.2, 0.25) is 0 Å². The molecule has 4 rings (SSSR count). The van der Waals surface area contributed by atoms with E-state index in [4.69, 9.17) is 9.47 Å². The maximum Gasteiger partial charge on any atom is 0.310 e. The van der Waals surface area contributed by atoms with Gasteiger partial charge in [0.25, 0.3) is 0 Å². The van der Waals surface area contributed by atoms with Crippen LogP contribution >= 0.6 is 0 Å². The Balaban J connectivity index is 1.75. The molecule has 3 saturated carbocycles.